The maximum Gasteiger partial charge on any atom is 0.123 e. The van der Waals surface area contributed by atoms with E-state index >= 15 is 0 Å². The van der Waals surface area contributed by atoms with E-state index in [9.17, 15) is 4.39 Å². The number of nitrogen functional groups attached to an aromatic ring is 1. The number of benzene rings is 2. The summed E-state index contributed by atoms with van der Waals surface area (Å²) in [4.78, 5) is 0. The molecule has 0 spiro atoms. The molecule has 0 bridgehead atoms. The molecule has 4 heteroatoms. The quantitative estimate of drug-likeness (QED) is 0.582. The molecule has 19 heavy (non-hydrogen) atoms. The van der Waals surface area contributed by atoms with Gasteiger partial charge in [-0.1, -0.05) is 18.2 Å². The van der Waals surface area contributed by atoms with E-state index in [1.165, 1.54) is 12.1 Å². The lowest BCUT2D eigenvalue weighted by Crippen LogP contribution is -2.09. The second kappa shape index (κ2) is 5.63. The Balaban J connectivity index is 2.40. The summed E-state index contributed by atoms with van der Waals surface area (Å²) >= 11 is 0. The molecule has 0 aliphatic heterocycles. The first-order chi connectivity index (χ1) is 9.11. The van der Waals surface area contributed by atoms with Crippen LogP contribution in [-0.4, -0.2) is 12.8 Å². The van der Waals surface area contributed by atoms with Gasteiger partial charge in [-0.3, -0.25) is 5.41 Å². The SMILES string of the molecule is CNCc1ccc(N)c(C(=N)c2cccc(F)c2)c1. The van der Waals surface area contributed by atoms with Crippen LogP contribution in [0.25, 0.3) is 0 Å². The fourth-order valence-electron chi connectivity index (χ4n) is 1.93. The molecule has 2 aromatic carbocycles. The Morgan fingerprint density at radius 1 is 1.26 bits per heavy atom. The summed E-state index contributed by atoms with van der Waals surface area (Å²) < 4.78 is 13.2. The van der Waals surface area contributed by atoms with Gasteiger partial charge in [0, 0.05) is 23.4 Å². The lowest BCUT2D eigenvalue weighted by Gasteiger charge is -2.10. The second-order valence-corrected chi connectivity index (χ2v) is 4.34. The standard InChI is InChI=1S/C15H16FN3/c1-19-9-10-5-6-14(17)13(7-10)15(18)11-3-2-4-12(16)8-11/h2-8,18-19H,9,17H2,1H3. The van der Waals surface area contributed by atoms with E-state index in [0.29, 0.717) is 23.4 Å². The van der Waals surface area contributed by atoms with Crippen LogP contribution >= 0.6 is 0 Å². The van der Waals surface area contributed by atoms with Gasteiger partial charge in [0.1, 0.15) is 5.82 Å². The highest BCUT2D eigenvalue weighted by molar-refractivity contribution is 6.13. The predicted molar refractivity (Wildman–Crippen MR) is 75.9 cm³/mol. The molecular formula is C15H16FN3. The molecule has 0 saturated carbocycles. The summed E-state index contributed by atoms with van der Waals surface area (Å²) in [6.07, 6.45) is 0. The van der Waals surface area contributed by atoms with Gasteiger partial charge < -0.3 is 11.1 Å². The number of nitrogens with two attached hydrogens (primary N) is 1. The Morgan fingerprint density at radius 3 is 2.74 bits per heavy atom. The third kappa shape index (κ3) is 2.98. The van der Waals surface area contributed by atoms with Crippen LogP contribution in [0.5, 0.6) is 0 Å². The second-order valence-electron chi connectivity index (χ2n) is 4.34. The maximum absolute atomic E-state index is 13.2. The van der Waals surface area contributed by atoms with Gasteiger partial charge >= 0.3 is 0 Å². The van der Waals surface area contributed by atoms with E-state index in [4.69, 9.17) is 11.1 Å². The molecule has 98 valence electrons. The zero-order chi connectivity index (χ0) is 13.8. The summed E-state index contributed by atoms with van der Waals surface area (Å²) in [6, 6.07) is 11.5. The lowest BCUT2D eigenvalue weighted by molar-refractivity contribution is 0.627. The van der Waals surface area contributed by atoms with E-state index in [0.717, 1.165) is 5.56 Å². The van der Waals surface area contributed by atoms with E-state index in [2.05, 4.69) is 5.32 Å². The molecule has 0 atom stereocenters. The third-order valence-electron chi connectivity index (χ3n) is 2.88. The molecule has 3 nitrogen and oxygen atoms in total. The zero-order valence-corrected chi connectivity index (χ0v) is 10.7. The third-order valence-corrected chi connectivity index (χ3v) is 2.88. The maximum atomic E-state index is 13.2. The number of anilines is 1. The van der Waals surface area contributed by atoms with E-state index in [1.807, 2.05) is 19.2 Å². The fourth-order valence-corrected chi connectivity index (χ4v) is 1.93. The van der Waals surface area contributed by atoms with Crippen LogP contribution in [0.15, 0.2) is 42.5 Å². The van der Waals surface area contributed by atoms with E-state index in [1.54, 1.807) is 18.2 Å². The van der Waals surface area contributed by atoms with Crippen molar-refractivity contribution in [1.82, 2.24) is 5.32 Å². The lowest BCUT2D eigenvalue weighted by atomic mass is 9.99. The Kier molecular flexibility index (Phi) is 3.92. The van der Waals surface area contributed by atoms with Crippen molar-refractivity contribution >= 4 is 11.4 Å². The predicted octanol–water partition coefficient (Wildman–Crippen LogP) is 2.54. The average Bonchev–Trinajstić information content (AvgIpc) is 2.40. The number of hydrogen-bond donors (Lipinski definition) is 3. The minimum absolute atomic E-state index is 0.231. The summed E-state index contributed by atoms with van der Waals surface area (Å²) in [6.45, 7) is 0.698. The van der Waals surface area contributed by atoms with Crippen LogP contribution in [-0.2, 0) is 6.54 Å². The molecule has 2 aromatic rings. The van der Waals surface area contributed by atoms with Crippen molar-refractivity contribution in [1.29, 1.82) is 5.41 Å². The molecule has 4 N–H and O–H groups in total. The molecule has 2 rings (SSSR count). The Morgan fingerprint density at radius 2 is 2.05 bits per heavy atom. The number of hydrogen-bond acceptors (Lipinski definition) is 3. The summed E-state index contributed by atoms with van der Waals surface area (Å²) in [5.74, 6) is -0.354. The van der Waals surface area contributed by atoms with Crippen LogP contribution in [0.2, 0.25) is 0 Å². The van der Waals surface area contributed by atoms with Gasteiger partial charge in [0.15, 0.2) is 0 Å². The minimum atomic E-state index is -0.354. The molecule has 0 saturated heterocycles. The first-order valence-electron chi connectivity index (χ1n) is 5.99. The molecule has 0 radical (unpaired) electrons. The van der Waals surface area contributed by atoms with Crippen LogP contribution in [0, 0.1) is 11.2 Å². The van der Waals surface area contributed by atoms with Crippen molar-refractivity contribution in [2.45, 2.75) is 6.54 Å². The smallest absolute Gasteiger partial charge is 0.123 e. The first-order valence-corrected chi connectivity index (χ1v) is 5.99. The molecule has 0 aromatic heterocycles. The molecule has 0 unspecified atom stereocenters. The van der Waals surface area contributed by atoms with Crippen molar-refractivity contribution in [2.75, 3.05) is 12.8 Å². The van der Waals surface area contributed by atoms with Crippen LogP contribution in [0.4, 0.5) is 10.1 Å². The molecule has 0 aliphatic carbocycles. The van der Waals surface area contributed by atoms with Crippen LogP contribution < -0.4 is 11.1 Å². The molecule has 0 amide bonds. The largest absolute Gasteiger partial charge is 0.398 e. The van der Waals surface area contributed by atoms with Crippen molar-refractivity contribution in [3.05, 3.63) is 65.0 Å². The van der Waals surface area contributed by atoms with Gasteiger partial charge in [0.2, 0.25) is 0 Å². The van der Waals surface area contributed by atoms with Crippen LogP contribution in [0.1, 0.15) is 16.7 Å². The summed E-state index contributed by atoms with van der Waals surface area (Å²) in [7, 11) is 1.86. The molecule has 0 fully saturated rings. The van der Waals surface area contributed by atoms with Gasteiger partial charge in [-0.25, -0.2) is 4.39 Å². The Labute approximate surface area is 111 Å². The van der Waals surface area contributed by atoms with Gasteiger partial charge in [-0.15, -0.1) is 0 Å². The highest BCUT2D eigenvalue weighted by Gasteiger charge is 2.10. The average molecular weight is 257 g/mol. The first kappa shape index (κ1) is 13.2. The number of rotatable bonds is 4. The topological polar surface area (TPSA) is 61.9 Å². The highest BCUT2D eigenvalue weighted by atomic mass is 19.1. The normalized spacial score (nSPS) is 10.4. The highest BCUT2D eigenvalue weighted by Crippen LogP contribution is 2.19. The van der Waals surface area contributed by atoms with Gasteiger partial charge in [-0.2, -0.15) is 0 Å². The zero-order valence-electron chi connectivity index (χ0n) is 10.7. The number of nitrogens with one attached hydrogen (secondary N) is 2. The van der Waals surface area contributed by atoms with Crippen LogP contribution in [0.3, 0.4) is 0 Å². The molecular weight excluding hydrogens is 241 g/mol. The minimum Gasteiger partial charge on any atom is -0.398 e. The summed E-state index contributed by atoms with van der Waals surface area (Å²) in [5.41, 5.74) is 8.84. The van der Waals surface area contributed by atoms with Crippen molar-refractivity contribution in [3.8, 4) is 0 Å². The fraction of sp³-hybridized carbons (Fsp3) is 0.133. The van der Waals surface area contributed by atoms with Gasteiger partial charge in [-0.05, 0) is 36.9 Å². The van der Waals surface area contributed by atoms with Crippen molar-refractivity contribution in [2.24, 2.45) is 0 Å². The van der Waals surface area contributed by atoms with Gasteiger partial charge in [0.05, 0.1) is 5.71 Å². The van der Waals surface area contributed by atoms with Crippen molar-refractivity contribution < 1.29 is 4.39 Å². The number of halogens is 1. The molecule has 0 aliphatic rings. The monoisotopic (exact) mass is 257 g/mol. The Bertz CT molecular complexity index is 608. The van der Waals surface area contributed by atoms with E-state index < -0.39 is 0 Å². The molecule has 0 heterocycles. The summed E-state index contributed by atoms with van der Waals surface area (Å²) in [5, 5.41) is 11.2. The van der Waals surface area contributed by atoms with Crippen molar-refractivity contribution in [3.63, 3.8) is 0 Å². The van der Waals surface area contributed by atoms with Gasteiger partial charge in [0.25, 0.3) is 0 Å². The Hall–Kier alpha value is -2.20. The van der Waals surface area contributed by atoms with E-state index in [-0.39, 0.29) is 11.5 Å².